The van der Waals surface area contributed by atoms with Crippen molar-refractivity contribution in [3.8, 4) is 11.4 Å². The average molecular weight is 395 g/mol. The number of benzene rings is 1. The average Bonchev–Trinajstić information content (AvgIpc) is 2.78. The lowest BCUT2D eigenvalue weighted by Crippen LogP contribution is -2.41. The summed E-state index contributed by atoms with van der Waals surface area (Å²) in [5, 5.41) is 0. The molecule has 0 unspecified atom stereocenters. The Hall–Kier alpha value is -2.43. The third kappa shape index (κ3) is 4.77. The quantitative estimate of drug-likeness (QED) is 0.651. The predicted octanol–water partition coefficient (Wildman–Crippen LogP) is 4.70. The van der Waals surface area contributed by atoms with Crippen LogP contribution in [0.15, 0.2) is 30.3 Å². The summed E-state index contributed by atoms with van der Waals surface area (Å²) in [6.45, 7) is 8.66. The van der Waals surface area contributed by atoms with Gasteiger partial charge in [0, 0.05) is 43.6 Å². The van der Waals surface area contributed by atoms with Gasteiger partial charge in [-0.25, -0.2) is 9.97 Å². The van der Waals surface area contributed by atoms with E-state index in [1.165, 1.54) is 0 Å². The number of carbonyl (C=O) groups is 1. The van der Waals surface area contributed by atoms with E-state index in [-0.39, 0.29) is 5.92 Å². The first kappa shape index (κ1) is 21.3. The fraction of sp³-hybridized carbons (Fsp3) is 0.542. The van der Waals surface area contributed by atoms with Crippen molar-refractivity contribution in [3.63, 3.8) is 0 Å². The molecule has 1 amide bonds. The maximum atomic E-state index is 13.2. The maximum Gasteiger partial charge on any atom is 0.225 e. The Morgan fingerprint density at radius 1 is 1.17 bits per heavy atom. The minimum Gasteiger partial charge on any atom is -0.360 e. The first-order valence-corrected chi connectivity index (χ1v) is 11.0. The molecule has 1 aromatic carbocycles. The first-order chi connectivity index (χ1) is 14.1. The molecule has 1 atom stereocenters. The molecule has 1 aliphatic rings. The molecule has 0 fully saturated rings. The minimum atomic E-state index is 0.133. The van der Waals surface area contributed by atoms with Gasteiger partial charge in [0.2, 0.25) is 5.91 Å². The second-order valence-electron chi connectivity index (χ2n) is 7.93. The lowest BCUT2D eigenvalue weighted by Gasteiger charge is -2.33. The van der Waals surface area contributed by atoms with E-state index in [2.05, 4.69) is 44.9 Å². The Morgan fingerprint density at radius 3 is 2.59 bits per heavy atom. The van der Waals surface area contributed by atoms with Gasteiger partial charge in [0.1, 0.15) is 5.82 Å². The van der Waals surface area contributed by atoms with Crippen LogP contribution >= 0.6 is 0 Å². The summed E-state index contributed by atoms with van der Waals surface area (Å²) in [5.41, 5.74) is 3.23. The molecule has 1 aliphatic heterocycles. The van der Waals surface area contributed by atoms with Crippen molar-refractivity contribution in [1.29, 1.82) is 0 Å². The third-order valence-corrected chi connectivity index (χ3v) is 5.97. The van der Waals surface area contributed by atoms with Crippen LogP contribution in [0.4, 0.5) is 5.82 Å². The molecule has 0 saturated heterocycles. The highest BCUT2D eigenvalue weighted by atomic mass is 16.2. The summed E-state index contributed by atoms with van der Waals surface area (Å²) in [6, 6.07) is 10.1. The lowest BCUT2D eigenvalue weighted by atomic mass is 9.96. The van der Waals surface area contributed by atoms with Crippen LogP contribution in [0, 0.1) is 5.92 Å². The first-order valence-electron chi connectivity index (χ1n) is 11.0. The molecule has 5 nitrogen and oxygen atoms in total. The van der Waals surface area contributed by atoms with Gasteiger partial charge in [0.15, 0.2) is 5.82 Å². The number of unbranched alkanes of at least 4 members (excludes halogenated alkanes) is 1. The van der Waals surface area contributed by atoms with Crippen LogP contribution in [-0.2, 0) is 17.8 Å². The van der Waals surface area contributed by atoms with Crippen LogP contribution in [0.2, 0.25) is 0 Å². The van der Waals surface area contributed by atoms with Gasteiger partial charge in [0.25, 0.3) is 0 Å². The standard InChI is InChI=1S/C24H34N4O/c1-5-8-12-18(6-2)24(29)28-16-15-21-20(17-28)23(27(4)7-3)26-22(25-21)19-13-10-9-11-14-19/h9-11,13-14,18H,5-8,12,15-17H2,1-4H3/t18-/m1/s1. The van der Waals surface area contributed by atoms with E-state index in [1.807, 2.05) is 23.1 Å². The van der Waals surface area contributed by atoms with E-state index in [9.17, 15) is 4.79 Å². The molecule has 0 saturated carbocycles. The maximum absolute atomic E-state index is 13.2. The van der Waals surface area contributed by atoms with E-state index in [4.69, 9.17) is 9.97 Å². The van der Waals surface area contributed by atoms with Crippen molar-refractivity contribution in [3.05, 3.63) is 41.6 Å². The summed E-state index contributed by atoms with van der Waals surface area (Å²) in [6.07, 6.45) is 4.93. The summed E-state index contributed by atoms with van der Waals surface area (Å²) in [5.74, 6) is 2.15. The van der Waals surface area contributed by atoms with Crippen LogP contribution in [0.1, 0.15) is 57.7 Å². The van der Waals surface area contributed by atoms with Crippen molar-refractivity contribution < 1.29 is 4.79 Å². The van der Waals surface area contributed by atoms with Gasteiger partial charge in [-0.3, -0.25) is 4.79 Å². The molecule has 156 valence electrons. The number of carbonyl (C=O) groups excluding carboxylic acids is 1. The van der Waals surface area contributed by atoms with E-state index >= 15 is 0 Å². The zero-order valence-corrected chi connectivity index (χ0v) is 18.3. The Bertz CT molecular complexity index is 821. The molecular formula is C24H34N4O. The highest BCUT2D eigenvalue weighted by molar-refractivity contribution is 5.79. The molecule has 29 heavy (non-hydrogen) atoms. The molecule has 2 aromatic rings. The molecule has 0 radical (unpaired) electrons. The van der Waals surface area contributed by atoms with Crippen molar-refractivity contribution >= 4 is 11.7 Å². The number of hydrogen-bond donors (Lipinski definition) is 0. The Kier molecular flexibility index (Phi) is 7.24. The number of anilines is 1. The van der Waals surface area contributed by atoms with Crippen molar-refractivity contribution in [2.75, 3.05) is 25.0 Å². The van der Waals surface area contributed by atoms with Gasteiger partial charge in [-0.15, -0.1) is 0 Å². The molecule has 0 N–H and O–H groups in total. The smallest absolute Gasteiger partial charge is 0.225 e. The van der Waals surface area contributed by atoms with Crippen LogP contribution < -0.4 is 4.90 Å². The van der Waals surface area contributed by atoms with Gasteiger partial charge in [-0.05, 0) is 19.8 Å². The Labute approximate surface area is 175 Å². The Morgan fingerprint density at radius 2 is 1.93 bits per heavy atom. The number of aromatic nitrogens is 2. The fourth-order valence-electron chi connectivity index (χ4n) is 3.98. The fourth-order valence-corrected chi connectivity index (χ4v) is 3.98. The van der Waals surface area contributed by atoms with Gasteiger partial charge >= 0.3 is 0 Å². The second kappa shape index (κ2) is 9.86. The normalized spacial score (nSPS) is 14.4. The van der Waals surface area contributed by atoms with Gasteiger partial charge in [-0.1, -0.05) is 57.0 Å². The largest absolute Gasteiger partial charge is 0.360 e. The molecule has 0 aliphatic carbocycles. The van der Waals surface area contributed by atoms with E-state index in [1.54, 1.807) is 0 Å². The Balaban J connectivity index is 1.92. The van der Waals surface area contributed by atoms with E-state index < -0.39 is 0 Å². The van der Waals surface area contributed by atoms with Crippen molar-refractivity contribution in [2.24, 2.45) is 5.92 Å². The highest BCUT2D eigenvalue weighted by Gasteiger charge is 2.29. The molecule has 1 aromatic heterocycles. The van der Waals surface area contributed by atoms with Crippen LogP contribution in [-0.4, -0.2) is 40.9 Å². The summed E-state index contributed by atoms with van der Waals surface area (Å²) < 4.78 is 0. The van der Waals surface area contributed by atoms with Crippen LogP contribution in [0.5, 0.6) is 0 Å². The number of fused-ring (bicyclic) bond motifs is 1. The highest BCUT2D eigenvalue weighted by Crippen LogP contribution is 2.30. The van der Waals surface area contributed by atoms with Crippen LogP contribution in [0.25, 0.3) is 11.4 Å². The second-order valence-corrected chi connectivity index (χ2v) is 7.93. The number of nitrogens with zero attached hydrogens (tertiary/aromatic N) is 4. The van der Waals surface area contributed by atoms with Crippen LogP contribution in [0.3, 0.4) is 0 Å². The monoisotopic (exact) mass is 394 g/mol. The van der Waals surface area contributed by atoms with Gasteiger partial charge in [0.05, 0.1) is 12.2 Å². The van der Waals surface area contributed by atoms with E-state index in [0.717, 1.165) is 73.7 Å². The summed E-state index contributed by atoms with van der Waals surface area (Å²) >= 11 is 0. The molecule has 0 spiro atoms. The van der Waals surface area contributed by atoms with Gasteiger partial charge < -0.3 is 9.80 Å². The molecule has 3 rings (SSSR count). The lowest BCUT2D eigenvalue weighted by molar-refractivity contribution is -0.136. The predicted molar refractivity (Wildman–Crippen MR) is 119 cm³/mol. The topological polar surface area (TPSA) is 49.3 Å². The number of hydrogen-bond acceptors (Lipinski definition) is 4. The minimum absolute atomic E-state index is 0.133. The molecule has 0 bridgehead atoms. The van der Waals surface area contributed by atoms with Gasteiger partial charge in [-0.2, -0.15) is 0 Å². The van der Waals surface area contributed by atoms with Crippen molar-refractivity contribution in [2.45, 2.75) is 59.4 Å². The number of amides is 1. The SMILES string of the molecule is CCCC[C@@H](CC)C(=O)N1CCc2nc(-c3ccccc3)nc(N(C)CC)c2C1. The third-order valence-electron chi connectivity index (χ3n) is 5.97. The summed E-state index contributed by atoms with van der Waals surface area (Å²) in [4.78, 5) is 27.2. The zero-order valence-electron chi connectivity index (χ0n) is 18.3. The molecular weight excluding hydrogens is 360 g/mol. The molecule has 2 heterocycles. The van der Waals surface area contributed by atoms with Crippen molar-refractivity contribution in [1.82, 2.24) is 14.9 Å². The zero-order chi connectivity index (χ0) is 20.8. The molecule has 5 heteroatoms. The number of rotatable bonds is 8. The van der Waals surface area contributed by atoms with E-state index in [0.29, 0.717) is 12.5 Å². The summed E-state index contributed by atoms with van der Waals surface area (Å²) in [7, 11) is 2.06.